The Morgan fingerprint density at radius 3 is 1.85 bits per heavy atom. The number of carboxylic acid groups (broad SMARTS) is 2. The average Bonchev–Trinajstić information content (AvgIpc) is 0.710. The first kappa shape index (κ1) is 76.0. The van der Waals surface area contributed by atoms with Crippen LogP contribution in [0.3, 0.4) is 0 Å². The normalized spacial score (nSPS) is 35.0. The summed E-state index contributed by atoms with van der Waals surface area (Å²) in [5.74, 6) is 4.94. The van der Waals surface area contributed by atoms with E-state index in [1.807, 2.05) is 18.7 Å². The Bertz CT molecular complexity index is 2970. The van der Waals surface area contributed by atoms with Crippen molar-refractivity contribution < 1.29 is 62.1 Å². The van der Waals surface area contributed by atoms with Gasteiger partial charge < -0.3 is 54.0 Å². The molecule has 2 aromatic rings. The topological polar surface area (TPSA) is 228 Å². The van der Waals surface area contributed by atoms with E-state index in [4.69, 9.17) is 34.0 Å². The molecule has 4 aliphatic heterocycles. The van der Waals surface area contributed by atoms with Crippen molar-refractivity contribution in [2.24, 2.45) is 41.4 Å². The highest BCUT2D eigenvalue weighted by Crippen LogP contribution is 2.60. The van der Waals surface area contributed by atoms with Gasteiger partial charge in [-0.15, -0.1) is 6.58 Å². The molecule has 12 atom stereocenters. The van der Waals surface area contributed by atoms with Crippen LogP contribution in [0.5, 0.6) is 11.5 Å². The first-order valence-corrected chi connectivity index (χ1v) is 40.8. The van der Waals surface area contributed by atoms with E-state index in [1.165, 1.54) is 114 Å². The molecule has 4 heterocycles. The van der Waals surface area contributed by atoms with Crippen LogP contribution < -0.4 is 20.1 Å². The van der Waals surface area contributed by atoms with E-state index in [1.54, 1.807) is 62.5 Å². The van der Waals surface area contributed by atoms with Crippen molar-refractivity contribution in [3.63, 3.8) is 0 Å². The summed E-state index contributed by atoms with van der Waals surface area (Å²) in [5.41, 5.74) is 7.87. The zero-order chi connectivity index (χ0) is 69.0. The number of methoxy groups -OCH3 is 1. The molecule has 17 nitrogen and oxygen atoms in total. The number of benzene rings is 2. The molecule has 4 saturated heterocycles. The Hall–Kier alpha value is -3.18. The fourth-order valence-corrected chi connectivity index (χ4v) is 24.1. The van der Waals surface area contributed by atoms with Crippen LogP contribution in [0.2, 0.25) is 0 Å². The molecule has 7 N–H and O–H groups in total. The van der Waals surface area contributed by atoms with Crippen LogP contribution in [0, 0.1) is 41.4 Å². The van der Waals surface area contributed by atoms with Crippen LogP contribution in [-0.4, -0.2) is 170 Å². The maximum atomic E-state index is 11.7. The van der Waals surface area contributed by atoms with E-state index in [2.05, 4.69) is 113 Å². The van der Waals surface area contributed by atoms with Crippen LogP contribution in [0.15, 0.2) is 49.1 Å². The Kier molecular flexibility index (Phi) is 25.4. The van der Waals surface area contributed by atoms with Crippen LogP contribution in [0.1, 0.15) is 220 Å². The van der Waals surface area contributed by atoms with Crippen LogP contribution in [0.4, 0.5) is 0 Å². The van der Waals surface area contributed by atoms with Gasteiger partial charge >= 0.3 is 27.1 Å². The fraction of sp³-hybridized carbons (Fsp3) is 0.789. The molecule has 19 heteroatoms. The molecule has 8 bridgehead atoms. The van der Waals surface area contributed by atoms with Gasteiger partial charge in [-0.25, -0.2) is 0 Å². The third-order valence-corrected chi connectivity index (χ3v) is 27.7. The highest BCUT2D eigenvalue weighted by Gasteiger charge is 2.60. The number of carboxylic acids is 2. The molecule has 2 aromatic carbocycles. The Morgan fingerprint density at radius 2 is 1.31 bits per heavy atom. The first-order valence-electron chi connectivity index (χ1n) is 37.3. The second kappa shape index (κ2) is 31.8. The second-order valence-corrected chi connectivity index (χ2v) is 36.7. The van der Waals surface area contributed by atoms with Crippen LogP contribution in [-0.2, 0) is 46.9 Å². The number of hydrogen-bond acceptors (Lipinski definition) is 11. The zero-order valence-corrected chi connectivity index (χ0v) is 62.1. The predicted molar refractivity (Wildman–Crippen MR) is 380 cm³/mol. The standard InChI is InChI=1S/C22H31NO.C21H32NO.C13H23N.2C10H20NO5P/c1-4-12-23-13-11-22-10-6-5-7-19(22)21(23)14-17-8-9-18(15-20(17)22)24-16(2)3;1-15(2)22(3)12-11-21-10-6-5-7-18(21)20(22)13-16-8-9-17(23-4)14-19(16)21;1-9(2)14-13-6-10-3-11(7-13)5-12(4-10)8-13;1-7(2)16-17(14,15)6-8-3-4-11-9(5-8)10(12)13;1-7(2)11-4-3-8(6-17(14,15)16)5-9(11)10(12)13/h4,8-9,15-16,19,21H,1,5-7,10-14H2,2-3H3;8-9,14-15,18,20H,5-7,10-13H2,1-4H3;9-12,14H,3-8H2,1-2H3;7-9,11H,3-6H2,1-2H3,(H,12,13)(H,14,15);7-9H,3-6H2,1-2H3,(H,12,13)(H2,14,15,16)/q;+1;;;/t;;;2*8-,9+/m...11/s1. The summed E-state index contributed by atoms with van der Waals surface area (Å²) in [7, 11) is -3.31. The van der Waals surface area contributed by atoms with Gasteiger partial charge in [-0.3, -0.25) is 28.5 Å². The van der Waals surface area contributed by atoms with E-state index in [-0.39, 0.29) is 42.4 Å². The lowest BCUT2D eigenvalue weighted by molar-refractivity contribution is -0.963. The molecule has 8 aliphatic carbocycles. The molecular formula is C76H126N5O12P2+. The van der Waals surface area contributed by atoms with Crippen molar-refractivity contribution >= 4 is 27.1 Å². The summed E-state index contributed by atoms with van der Waals surface area (Å²) in [6.45, 7) is 29.7. The zero-order valence-electron chi connectivity index (χ0n) is 60.3. The maximum Gasteiger partial charge on any atom is 0.328 e. The van der Waals surface area contributed by atoms with Gasteiger partial charge in [0.2, 0.25) is 0 Å². The van der Waals surface area contributed by atoms with Gasteiger partial charge in [0.15, 0.2) is 0 Å². The van der Waals surface area contributed by atoms with Gasteiger partial charge in [-0.1, -0.05) is 57.7 Å². The molecule has 6 saturated carbocycles. The fourth-order valence-electron chi connectivity index (χ4n) is 21.3. The molecule has 8 unspecified atom stereocenters. The largest absolute Gasteiger partial charge is 0.497 e. The molecule has 0 aromatic heterocycles. The van der Waals surface area contributed by atoms with Crippen molar-refractivity contribution in [2.45, 2.75) is 281 Å². The second-order valence-electron chi connectivity index (χ2n) is 33.1. The lowest BCUT2D eigenvalue weighted by Gasteiger charge is -2.62. The van der Waals surface area contributed by atoms with Gasteiger partial charge in [0, 0.05) is 59.8 Å². The van der Waals surface area contributed by atoms with Crippen LogP contribution >= 0.6 is 15.2 Å². The molecule has 536 valence electrons. The maximum absolute atomic E-state index is 11.7. The highest BCUT2D eigenvalue weighted by atomic mass is 31.2. The molecule has 10 fully saturated rings. The molecular weight excluding hydrogens is 1240 g/mol. The predicted octanol–water partition coefficient (Wildman–Crippen LogP) is 13.8. The van der Waals surface area contributed by atoms with Gasteiger partial charge in [0.1, 0.15) is 23.6 Å². The van der Waals surface area contributed by atoms with E-state index in [9.17, 15) is 23.6 Å². The van der Waals surface area contributed by atoms with E-state index >= 15 is 0 Å². The molecule has 12 aliphatic rings. The number of hydrogen-bond donors (Lipinski definition) is 7. The monoisotopic (exact) mass is 1360 g/mol. The van der Waals surface area contributed by atoms with Gasteiger partial charge in [-0.2, -0.15) is 0 Å². The van der Waals surface area contributed by atoms with Gasteiger partial charge in [-0.05, 0) is 260 Å². The number of ether oxygens (including phenoxy) is 2. The number of piperidine rings is 4. The molecule has 0 radical (unpaired) electrons. The third-order valence-electron chi connectivity index (χ3n) is 25.0. The Labute approximate surface area is 571 Å². The van der Waals surface area contributed by atoms with E-state index in [0.29, 0.717) is 67.2 Å². The number of likely N-dealkylation sites (N-methyl/N-ethyl adjacent to an activating group) is 1. The van der Waals surface area contributed by atoms with E-state index in [0.717, 1.165) is 59.7 Å². The Balaban J connectivity index is 0.000000142. The summed E-state index contributed by atoms with van der Waals surface area (Å²) < 4.78 is 40.5. The lowest BCUT2D eigenvalue weighted by Crippen LogP contribution is -2.70. The number of aliphatic carboxylic acids is 2. The average molecular weight is 1360 g/mol. The summed E-state index contributed by atoms with van der Waals surface area (Å²) in [6, 6.07) is 15.7. The minimum atomic E-state index is -4.05. The summed E-state index contributed by atoms with van der Waals surface area (Å²) in [4.78, 5) is 54.0. The summed E-state index contributed by atoms with van der Waals surface area (Å²) in [6.07, 6.45) is 29.4. The van der Waals surface area contributed by atoms with Crippen molar-refractivity contribution in [3.05, 3.63) is 71.3 Å². The lowest BCUT2D eigenvalue weighted by atomic mass is 9.51. The number of likely N-dealkylation sites (tertiary alicyclic amines) is 3. The quantitative estimate of drug-likeness (QED) is 0.0444. The summed E-state index contributed by atoms with van der Waals surface area (Å²) in [5, 5.41) is 24.8. The molecule has 14 rings (SSSR count). The van der Waals surface area contributed by atoms with Crippen molar-refractivity contribution in [1.29, 1.82) is 0 Å². The minimum absolute atomic E-state index is 0.0383. The van der Waals surface area contributed by atoms with Crippen molar-refractivity contribution in [3.8, 4) is 11.5 Å². The number of nitrogens with one attached hydrogen (secondary N) is 2. The third kappa shape index (κ3) is 18.1. The number of carbonyl (C=O) groups is 2. The highest BCUT2D eigenvalue weighted by molar-refractivity contribution is 7.52. The number of quaternary nitrogens is 1. The smallest absolute Gasteiger partial charge is 0.328 e. The SMILES string of the molecule is C=CCN1CCC23CCCCC2C1Cc1ccc(OC(C)C)cc13.CC(C)N1CC[C@@H](CP(=O)(O)O)C[C@H]1C(=O)O.CC(C)NC12CC3CC(CC(C3)C1)C2.CC(C)OP(=O)(O)C[C@@H]1CCN[C@H](C(=O)O)C1.COc1ccc2c(c1)C13CCCCC1C(C2)[N+](C)(C(C)C)CC3. The van der Waals surface area contributed by atoms with Crippen LogP contribution in [0.25, 0.3) is 0 Å². The molecule has 0 spiro atoms. The number of fused-ring (bicyclic) bond motifs is 2. The first-order chi connectivity index (χ1) is 44.8. The van der Waals surface area contributed by atoms with Gasteiger partial charge in [0.05, 0.1) is 57.3 Å². The van der Waals surface area contributed by atoms with E-state index < -0.39 is 39.2 Å². The summed E-state index contributed by atoms with van der Waals surface area (Å²) >= 11 is 0. The van der Waals surface area contributed by atoms with Crippen molar-refractivity contribution in [1.82, 2.24) is 20.4 Å². The Morgan fingerprint density at radius 1 is 0.716 bits per heavy atom. The minimum Gasteiger partial charge on any atom is -0.497 e. The number of nitrogens with zero attached hydrogens (tertiary/aromatic N) is 3. The van der Waals surface area contributed by atoms with Crippen molar-refractivity contribution in [2.75, 3.05) is 59.2 Å². The van der Waals surface area contributed by atoms with Gasteiger partial charge in [0.25, 0.3) is 0 Å². The number of rotatable bonds is 17. The molecule has 95 heavy (non-hydrogen) atoms. The molecule has 0 amide bonds.